The lowest BCUT2D eigenvalue weighted by molar-refractivity contribution is 0.0598. The largest absolute Gasteiger partial charge is 0.465 e. The normalized spacial score (nSPS) is 14.1. The monoisotopic (exact) mass is 195 g/mol. The summed E-state index contributed by atoms with van der Waals surface area (Å²) in [6.07, 6.45) is 1.93. The van der Waals surface area contributed by atoms with Crippen molar-refractivity contribution in [3.05, 3.63) is 17.0 Å². The highest BCUT2D eigenvalue weighted by atomic mass is 16.5. The number of aryl methyl sites for hydroxylation is 1. The van der Waals surface area contributed by atoms with Crippen molar-refractivity contribution in [2.75, 3.05) is 7.11 Å². The number of hydrogen-bond acceptors (Lipinski definition) is 4. The van der Waals surface area contributed by atoms with Crippen LogP contribution in [0.3, 0.4) is 0 Å². The van der Waals surface area contributed by atoms with Crippen molar-refractivity contribution in [1.82, 2.24) is 9.78 Å². The molecule has 0 spiro atoms. The van der Waals surface area contributed by atoms with E-state index in [4.69, 9.17) is 10.5 Å². The summed E-state index contributed by atoms with van der Waals surface area (Å²) in [7, 11) is 1.38. The maximum absolute atomic E-state index is 11.5. The molecule has 1 aliphatic rings. The fourth-order valence-electron chi connectivity index (χ4n) is 1.87. The third-order valence-electron chi connectivity index (χ3n) is 2.50. The Morgan fingerprint density at radius 3 is 3.14 bits per heavy atom. The third-order valence-corrected chi connectivity index (χ3v) is 2.50. The lowest BCUT2D eigenvalue weighted by atomic mass is 10.1. The Hall–Kier alpha value is -1.36. The second-order valence-electron chi connectivity index (χ2n) is 3.29. The van der Waals surface area contributed by atoms with Gasteiger partial charge in [0.05, 0.1) is 18.5 Å². The van der Waals surface area contributed by atoms with Crippen molar-refractivity contribution in [1.29, 1.82) is 0 Å². The summed E-state index contributed by atoms with van der Waals surface area (Å²) < 4.78 is 6.57. The van der Waals surface area contributed by atoms with Crippen LogP contribution in [0.5, 0.6) is 0 Å². The lowest BCUT2D eigenvalue weighted by Gasteiger charge is -1.99. The summed E-state index contributed by atoms with van der Waals surface area (Å²) in [6.45, 7) is 1.16. The number of fused-ring (bicyclic) bond motifs is 1. The molecule has 76 valence electrons. The molecule has 0 bridgehead atoms. The molecule has 1 aromatic rings. The second-order valence-corrected chi connectivity index (χ2v) is 3.29. The first-order chi connectivity index (χ1) is 6.77. The summed E-state index contributed by atoms with van der Waals surface area (Å²) in [5, 5.41) is 4.27. The van der Waals surface area contributed by atoms with E-state index in [1.165, 1.54) is 7.11 Å². The van der Waals surface area contributed by atoms with E-state index in [9.17, 15) is 4.79 Å². The van der Waals surface area contributed by atoms with Crippen LogP contribution in [0.15, 0.2) is 0 Å². The molecule has 0 radical (unpaired) electrons. The minimum atomic E-state index is -0.325. The molecule has 14 heavy (non-hydrogen) atoms. The van der Waals surface area contributed by atoms with Gasteiger partial charge in [-0.25, -0.2) is 4.79 Å². The van der Waals surface area contributed by atoms with E-state index < -0.39 is 0 Å². The molecule has 2 heterocycles. The van der Waals surface area contributed by atoms with Crippen LogP contribution in [0.1, 0.15) is 28.2 Å². The van der Waals surface area contributed by atoms with Crippen molar-refractivity contribution in [3.8, 4) is 0 Å². The van der Waals surface area contributed by atoms with E-state index in [-0.39, 0.29) is 12.5 Å². The molecule has 0 aromatic carbocycles. The number of ether oxygens (including phenoxy) is 1. The van der Waals surface area contributed by atoms with Crippen LogP contribution in [0.2, 0.25) is 0 Å². The molecule has 5 heteroatoms. The van der Waals surface area contributed by atoms with Crippen LogP contribution in [-0.2, 0) is 24.2 Å². The van der Waals surface area contributed by atoms with Crippen molar-refractivity contribution >= 4 is 5.97 Å². The molecule has 0 amide bonds. The number of hydrogen-bond donors (Lipinski definition) is 1. The third kappa shape index (κ3) is 1.21. The smallest absolute Gasteiger partial charge is 0.341 e. The topological polar surface area (TPSA) is 70.1 Å². The molecule has 1 aromatic heterocycles. The zero-order chi connectivity index (χ0) is 10.1. The maximum atomic E-state index is 11.5. The van der Waals surface area contributed by atoms with E-state index in [1.807, 2.05) is 4.68 Å². The van der Waals surface area contributed by atoms with Gasteiger partial charge in [-0.15, -0.1) is 0 Å². The summed E-state index contributed by atoms with van der Waals surface area (Å²) in [6, 6.07) is 0. The molecule has 0 saturated carbocycles. The molecule has 1 aliphatic heterocycles. The predicted octanol–water partition coefficient (Wildman–Crippen LogP) is 0.0746. The first kappa shape index (κ1) is 9.21. The van der Waals surface area contributed by atoms with Gasteiger partial charge in [0, 0.05) is 13.1 Å². The molecule has 2 N–H and O–H groups in total. The van der Waals surface area contributed by atoms with Gasteiger partial charge in [0.25, 0.3) is 0 Å². The SMILES string of the molecule is COC(=O)c1c(CN)nn2c1CCC2. The highest BCUT2D eigenvalue weighted by Crippen LogP contribution is 2.22. The average molecular weight is 195 g/mol. The maximum Gasteiger partial charge on any atom is 0.341 e. The number of carbonyl (C=O) groups excluding carboxylic acids is 1. The van der Waals surface area contributed by atoms with Gasteiger partial charge in [-0.3, -0.25) is 4.68 Å². The first-order valence-corrected chi connectivity index (χ1v) is 4.65. The summed E-state index contributed by atoms with van der Waals surface area (Å²) in [5.41, 5.74) is 7.71. The number of methoxy groups -OCH3 is 1. The van der Waals surface area contributed by atoms with Crippen LogP contribution in [0, 0.1) is 0 Å². The zero-order valence-electron chi connectivity index (χ0n) is 8.12. The fourth-order valence-corrected chi connectivity index (χ4v) is 1.87. The summed E-state index contributed by atoms with van der Waals surface area (Å²) in [4.78, 5) is 11.5. The van der Waals surface area contributed by atoms with Gasteiger partial charge in [0.2, 0.25) is 0 Å². The molecule has 0 aliphatic carbocycles. The highest BCUT2D eigenvalue weighted by Gasteiger charge is 2.25. The number of esters is 1. The first-order valence-electron chi connectivity index (χ1n) is 4.65. The minimum Gasteiger partial charge on any atom is -0.465 e. The Morgan fingerprint density at radius 2 is 2.50 bits per heavy atom. The van der Waals surface area contributed by atoms with Crippen LogP contribution in [-0.4, -0.2) is 22.9 Å². The molecule has 0 atom stereocenters. The summed E-state index contributed by atoms with van der Waals surface area (Å²) >= 11 is 0. The number of aromatic nitrogens is 2. The highest BCUT2D eigenvalue weighted by molar-refractivity contribution is 5.92. The van der Waals surface area contributed by atoms with Gasteiger partial charge in [-0.1, -0.05) is 0 Å². The molecule has 0 saturated heterocycles. The van der Waals surface area contributed by atoms with Crippen molar-refractivity contribution in [3.63, 3.8) is 0 Å². The van der Waals surface area contributed by atoms with Crippen LogP contribution >= 0.6 is 0 Å². The Kier molecular flexibility index (Phi) is 2.25. The van der Waals surface area contributed by atoms with E-state index >= 15 is 0 Å². The van der Waals surface area contributed by atoms with E-state index in [0.717, 1.165) is 25.1 Å². The lowest BCUT2D eigenvalue weighted by Crippen LogP contribution is -2.09. The predicted molar refractivity (Wildman–Crippen MR) is 49.8 cm³/mol. The van der Waals surface area contributed by atoms with Gasteiger partial charge in [0.1, 0.15) is 5.56 Å². The van der Waals surface area contributed by atoms with Crippen LogP contribution in [0.4, 0.5) is 0 Å². The molecule has 5 nitrogen and oxygen atoms in total. The van der Waals surface area contributed by atoms with Crippen molar-refractivity contribution < 1.29 is 9.53 Å². The standard InChI is InChI=1S/C9H13N3O2/c1-14-9(13)8-6(5-10)11-12-4-2-3-7(8)12/h2-5,10H2,1H3. The molecule has 0 fully saturated rings. The van der Waals surface area contributed by atoms with Gasteiger partial charge < -0.3 is 10.5 Å². The van der Waals surface area contributed by atoms with Crippen LogP contribution < -0.4 is 5.73 Å². The quantitative estimate of drug-likeness (QED) is 0.678. The van der Waals surface area contributed by atoms with Gasteiger partial charge >= 0.3 is 5.97 Å². The molecular formula is C9H13N3O2. The van der Waals surface area contributed by atoms with Gasteiger partial charge in [-0.2, -0.15) is 5.10 Å². The number of rotatable bonds is 2. The van der Waals surface area contributed by atoms with E-state index in [0.29, 0.717) is 11.3 Å². The van der Waals surface area contributed by atoms with E-state index in [1.54, 1.807) is 0 Å². The van der Waals surface area contributed by atoms with Crippen LogP contribution in [0.25, 0.3) is 0 Å². The summed E-state index contributed by atoms with van der Waals surface area (Å²) in [5.74, 6) is -0.325. The van der Waals surface area contributed by atoms with Crippen molar-refractivity contribution in [2.24, 2.45) is 5.73 Å². The molecule has 2 rings (SSSR count). The van der Waals surface area contributed by atoms with Crippen molar-refractivity contribution in [2.45, 2.75) is 25.9 Å². The zero-order valence-corrected chi connectivity index (χ0v) is 8.12. The number of nitrogens with two attached hydrogens (primary N) is 1. The second kappa shape index (κ2) is 3.42. The Labute approximate surface area is 81.8 Å². The molecular weight excluding hydrogens is 182 g/mol. The average Bonchev–Trinajstić information content (AvgIpc) is 2.74. The van der Waals surface area contributed by atoms with Gasteiger partial charge in [-0.05, 0) is 12.8 Å². The molecule has 0 unspecified atom stereocenters. The van der Waals surface area contributed by atoms with E-state index in [2.05, 4.69) is 5.10 Å². The Balaban J connectivity index is 2.49. The Bertz CT molecular complexity index is 370. The minimum absolute atomic E-state index is 0.282. The fraction of sp³-hybridized carbons (Fsp3) is 0.556. The van der Waals surface area contributed by atoms with Gasteiger partial charge in [0.15, 0.2) is 0 Å². The number of carbonyl (C=O) groups is 1. The Morgan fingerprint density at radius 1 is 1.71 bits per heavy atom. The number of nitrogens with zero attached hydrogens (tertiary/aromatic N) is 2.